The molecule has 0 fully saturated rings. The normalized spacial score (nSPS) is 14.4. The van der Waals surface area contributed by atoms with E-state index in [4.69, 9.17) is 13.8 Å². The molecule has 4 N–H and O–H groups in total. The van der Waals surface area contributed by atoms with E-state index in [1.54, 1.807) is 0 Å². The summed E-state index contributed by atoms with van der Waals surface area (Å²) in [4.78, 5) is 45.9. The van der Waals surface area contributed by atoms with Gasteiger partial charge in [-0.1, -0.05) is 177 Å². The first-order chi connectivity index (χ1) is 28.1. The third kappa shape index (κ3) is 39.7. The molecule has 0 radical (unpaired) electrons. The van der Waals surface area contributed by atoms with Gasteiger partial charge in [0, 0.05) is 12.8 Å². The first-order valence-corrected chi connectivity index (χ1v) is 23.5. The first-order valence-electron chi connectivity index (χ1n) is 22.0. The summed E-state index contributed by atoms with van der Waals surface area (Å²) >= 11 is 0. The minimum absolute atomic E-state index is 0.0963. The van der Waals surface area contributed by atoms with Gasteiger partial charge in [-0.25, -0.2) is 9.36 Å². The number of esters is 1. The highest BCUT2D eigenvalue weighted by Gasteiger charge is 2.28. The number of amides is 1. The summed E-state index contributed by atoms with van der Waals surface area (Å²) in [6, 6.07) is -1.56. The number of rotatable bonds is 40. The fourth-order valence-electron chi connectivity index (χ4n) is 5.63. The number of aliphatic carboxylic acids is 1. The van der Waals surface area contributed by atoms with Crippen molar-refractivity contribution in [2.45, 2.75) is 180 Å². The van der Waals surface area contributed by atoms with Crippen LogP contribution in [0, 0.1) is 0 Å². The van der Waals surface area contributed by atoms with Gasteiger partial charge in [0.1, 0.15) is 12.7 Å². The van der Waals surface area contributed by atoms with E-state index in [9.17, 15) is 34.1 Å². The second-order valence-corrected chi connectivity index (χ2v) is 16.0. The summed E-state index contributed by atoms with van der Waals surface area (Å²) in [5.41, 5.74) is 0. The molecule has 0 rings (SSSR count). The highest BCUT2D eigenvalue weighted by Crippen LogP contribution is 2.43. The molecular weight excluding hydrogens is 757 g/mol. The summed E-state index contributed by atoms with van der Waals surface area (Å²) in [6.45, 7) is 2.40. The highest BCUT2D eigenvalue weighted by molar-refractivity contribution is 7.47. The Kier molecular flexibility index (Phi) is 38.5. The number of carbonyl (C=O) groups is 3. The number of nitrogens with one attached hydrogen (secondary N) is 1. The molecule has 3 unspecified atom stereocenters. The molecular formula is C46H78NO10P. The average molecular weight is 836 g/mol. The van der Waals surface area contributed by atoms with Crippen LogP contribution in [0.2, 0.25) is 0 Å². The standard InChI is InChI=1S/C46H78NO10P/c1-3-5-7-9-11-13-15-17-19-20-21-22-24-26-28-30-32-34-36-38-45(50)55-39-42(48)40-56-58(53,54)57-41-43(46(51)52)47-44(49)37-35-33-31-29-27-25-23-18-16-14-12-10-8-6-4-2/h5,7,11,13,17,19,21-22,26,28,32,34,42-43,48H,3-4,6,8-10,12,14-16,18,20,23-25,27,29-31,33,35-41H2,1-2H3,(H,47,49)(H,51,52)(H,53,54)/b7-5-,13-11-,19-17-,22-21-,28-26-,34-32-. The SMILES string of the molecule is CC/C=C\C/C=C\C/C=C\C/C=C\C/C=C\C/C=C\CCC(=O)OCC(O)COP(=O)(O)OCC(NC(=O)CCCCCCCCCCCCCCCCC)C(=O)O. The molecule has 12 heteroatoms. The second kappa shape index (κ2) is 40.7. The number of allylic oxidation sites excluding steroid dienone is 12. The Labute approximate surface area is 350 Å². The van der Waals surface area contributed by atoms with Gasteiger partial charge in [0.15, 0.2) is 6.04 Å². The van der Waals surface area contributed by atoms with Gasteiger partial charge in [-0.05, 0) is 51.4 Å². The van der Waals surface area contributed by atoms with E-state index in [-0.39, 0.29) is 12.8 Å². The van der Waals surface area contributed by atoms with Crippen LogP contribution < -0.4 is 5.32 Å². The Hall–Kier alpha value is -3.08. The van der Waals surface area contributed by atoms with Crippen molar-refractivity contribution in [1.29, 1.82) is 0 Å². The zero-order chi connectivity index (χ0) is 42.8. The molecule has 0 spiro atoms. The Morgan fingerprint density at radius 3 is 1.43 bits per heavy atom. The van der Waals surface area contributed by atoms with Gasteiger partial charge in [-0.2, -0.15) is 0 Å². The van der Waals surface area contributed by atoms with Gasteiger partial charge in [0.05, 0.1) is 13.2 Å². The van der Waals surface area contributed by atoms with Gasteiger partial charge < -0.3 is 25.2 Å². The van der Waals surface area contributed by atoms with E-state index < -0.39 is 57.6 Å². The molecule has 0 bridgehead atoms. The molecule has 11 nitrogen and oxygen atoms in total. The molecule has 0 heterocycles. The number of unbranched alkanes of at least 4 members (excludes halogenated alkanes) is 14. The highest BCUT2D eigenvalue weighted by atomic mass is 31.2. The number of carboxylic acid groups (broad SMARTS) is 1. The minimum atomic E-state index is -4.77. The number of phosphoric ester groups is 1. The van der Waals surface area contributed by atoms with Crippen LogP contribution >= 0.6 is 7.82 Å². The van der Waals surface area contributed by atoms with Crippen LogP contribution in [0.3, 0.4) is 0 Å². The molecule has 0 aromatic carbocycles. The number of hydrogen-bond donors (Lipinski definition) is 4. The Bertz CT molecular complexity index is 1260. The van der Waals surface area contributed by atoms with Gasteiger partial charge in [-0.3, -0.25) is 18.6 Å². The second-order valence-electron chi connectivity index (χ2n) is 14.5. The number of hydrogen-bond acceptors (Lipinski definition) is 8. The van der Waals surface area contributed by atoms with Crippen molar-refractivity contribution in [3.8, 4) is 0 Å². The number of aliphatic hydroxyl groups is 1. The molecule has 0 aromatic heterocycles. The van der Waals surface area contributed by atoms with E-state index in [1.165, 1.54) is 70.6 Å². The Balaban J connectivity index is 4.00. The summed E-state index contributed by atoms with van der Waals surface area (Å²) in [6.07, 6.45) is 47.9. The van der Waals surface area contributed by atoms with Crippen LogP contribution in [0.15, 0.2) is 72.9 Å². The van der Waals surface area contributed by atoms with Crippen LogP contribution in [0.1, 0.15) is 168 Å². The Morgan fingerprint density at radius 1 is 0.569 bits per heavy atom. The van der Waals surface area contributed by atoms with Crippen molar-refractivity contribution in [2.24, 2.45) is 0 Å². The smallest absolute Gasteiger partial charge is 0.472 e. The van der Waals surface area contributed by atoms with Crippen LogP contribution in [-0.2, 0) is 32.7 Å². The third-order valence-electron chi connectivity index (χ3n) is 9.02. The summed E-state index contributed by atoms with van der Waals surface area (Å²) in [5.74, 6) is -2.47. The number of carbonyl (C=O) groups excluding carboxylic acids is 2. The minimum Gasteiger partial charge on any atom is -0.480 e. The number of ether oxygens (including phenoxy) is 1. The molecule has 0 saturated carbocycles. The number of carboxylic acids is 1. The lowest BCUT2D eigenvalue weighted by Gasteiger charge is -2.18. The van der Waals surface area contributed by atoms with Gasteiger partial charge >= 0.3 is 19.8 Å². The molecule has 0 aliphatic heterocycles. The largest absolute Gasteiger partial charge is 0.480 e. The quantitative estimate of drug-likeness (QED) is 0.0202. The molecule has 332 valence electrons. The van der Waals surface area contributed by atoms with Gasteiger partial charge in [0.25, 0.3) is 0 Å². The van der Waals surface area contributed by atoms with Crippen molar-refractivity contribution < 1.29 is 47.8 Å². The Morgan fingerprint density at radius 2 is 0.983 bits per heavy atom. The van der Waals surface area contributed by atoms with E-state index in [0.29, 0.717) is 12.8 Å². The molecule has 1 amide bonds. The van der Waals surface area contributed by atoms with E-state index in [1.807, 2.05) is 18.2 Å². The van der Waals surface area contributed by atoms with Crippen LogP contribution in [0.5, 0.6) is 0 Å². The maximum atomic E-state index is 12.3. The van der Waals surface area contributed by atoms with Gasteiger partial charge in [-0.15, -0.1) is 0 Å². The van der Waals surface area contributed by atoms with Crippen molar-refractivity contribution >= 4 is 25.7 Å². The van der Waals surface area contributed by atoms with E-state index in [0.717, 1.165) is 57.8 Å². The van der Waals surface area contributed by atoms with E-state index in [2.05, 4.69) is 73.8 Å². The van der Waals surface area contributed by atoms with Crippen LogP contribution in [-0.4, -0.2) is 64.9 Å². The molecule has 3 atom stereocenters. The summed E-state index contributed by atoms with van der Waals surface area (Å²) in [7, 11) is -4.77. The van der Waals surface area contributed by atoms with Crippen molar-refractivity contribution in [1.82, 2.24) is 5.32 Å². The first kappa shape index (κ1) is 54.9. The zero-order valence-corrected chi connectivity index (χ0v) is 36.7. The predicted octanol–water partition coefficient (Wildman–Crippen LogP) is 11.3. The fraction of sp³-hybridized carbons (Fsp3) is 0.674. The lowest BCUT2D eigenvalue weighted by molar-refractivity contribution is -0.147. The van der Waals surface area contributed by atoms with Crippen LogP contribution in [0.4, 0.5) is 0 Å². The third-order valence-corrected chi connectivity index (χ3v) is 9.97. The summed E-state index contributed by atoms with van der Waals surface area (Å²) in [5, 5.41) is 21.8. The number of phosphoric acid groups is 1. The average Bonchev–Trinajstić information content (AvgIpc) is 3.20. The topological polar surface area (TPSA) is 169 Å². The lowest BCUT2D eigenvalue weighted by Crippen LogP contribution is -2.43. The maximum absolute atomic E-state index is 12.3. The predicted molar refractivity (Wildman–Crippen MR) is 235 cm³/mol. The van der Waals surface area contributed by atoms with Gasteiger partial charge in [0.2, 0.25) is 5.91 Å². The molecule has 0 saturated heterocycles. The molecule has 0 aromatic rings. The maximum Gasteiger partial charge on any atom is 0.472 e. The molecule has 0 aliphatic carbocycles. The van der Waals surface area contributed by atoms with Crippen molar-refractivity contribution in [3.05, 3.63) is 72.9 Å². The lowest BCUT2D eigenvalue weighted by atomic mass is 10.0. The number of aliphatic hydroxyl groups excluding tert-OH is 1. The van der Waals surface area contributed by atoms with Crippen molar-refractivity contribution in [3.63, 3.8) is 0 Å². The fourth-order valence-corrected chi connectivity index (χ4v) is 6.41. The van der Waals surface area contributed by atoms with Crippen molar-refractivity contribution in [2.75, 3.05) is 19.8 Å². The van der Waals surface area contributed by atoms with Crippen LogP contribution in [0.25, 0.3) is 0 Å². The summed E-state index contributed by atoms with van der Waals surface area (Å²) < 4.78 is 26.8. The molecule has 58 heavy (non-hydrogen) atoms. The monoisotopic (exact) mass is 836 g/mol. The zero-order valence-electron chi connectivity index (χ0n) is 35.8. The van der Waals surface area contributed by atoms with E-state index >= 15 is 0 Å². The molecule has 0 aliphatic rings.